The molecule has 4 heterocycles. The normalized spacial score (nSPS) is 16.0. The van der Waals surface area contributed by atoms with Crippen LogP contribution in [0.5, 0.6) is 5.75 Å². The number of benzene rings is 1. The van der Waals surface area contributed by atoms with E-state index < -0.39 is 34.1 Å². The first-order valence-electron chi connectivity index (χ1n) is 13.0. The van der Waals surface area contributed by atoms with E-state index in [0.717, 1.165) is 28.6 Å². The monoisotopic (exact) mass is 639 g/mol. The fourth-order valence-corrected chi connectivity index (χ4v) is 6.80. The molecule has 0 amide bonds. The van der Waals surface area contributed by atoms with Crippen molar-refractivity contribution < 1.29 is 36.2 Å². The third-order valence-corrected chi connectivity index (χ3v) is 9.32. The van der Waals surface area contributed by atoms with E-state index in [1.807, 2.05) is 11.3 Å². The Bertz CT molecular complexity index is 1650. The van der Waals surface area contributed by atoms with Crippen LogP contribution in [0.4, 0.5) is 19.0 Å². The molecule has 5 rings (SSSR count). The molecule has 0 saturated carbocycles. The van der Waals surface area contributed by atoms with E-state index in [9.17, 15) is 31.5 Å². The number of aromatic nitrogens is 4. The van der Waals surface area contributed by atoms with Crippen LogP contribution in [0.1, 0.15) is 23.1 Å². The van der Waals surface area contributed by atoms with Gasteiger partial charge in [0.15, 0.2) is 5.65 Å². The second-order valence-electron chi connectivity index (χ2n) is 9.22. The molecule has 1 aliphatic rings. The van der Waals surface area contributed by atoms with Crippen molar-refractivity contribution in [3.8, 4) is 5.75 Å². The van der Waals surface area contributed by atoms with Crippen LogP contribution in [0.25, 0.3) is 11.2 Å². The molecule has 0 bridgehead atoms. The van der Waals surface area contributed by atoms with Gasteiger partial charge in [0.05, 0.1) is 17.3 Å². The zero-order valence-corrected chi connectivity index (χ0v) is 24.4. The summed E-state index contributed by atoms with van der Waals surface area (Å²) in [6, 6.07) is 6.37. The summed E-state index contributed by atoms with van der Waals surface area (Å²) in [7, 11) is -4.32. The third kappa shape index (κ3) is 8.13. The van der Waals surface area contributed by atoms with Crippen LogP contribution in [-0.2, 0) is 27.8 Å². The Kier molecular flexibility index (Phi) is 10.1. The van der Waals surface area contributed by atoms with Gasteiger partial charge in [-0.3, -0.25) is 4.79 Å². The minimum Gasteiger partial charge on any atom is -0.480 e. The Hall–Kier alpha value is -3.93. The van der Waals surface area contributed by atoms with Gasteiger partial charge in [0.1, 0.15) is 29.5 Å². The molecular formula is C26H28F3N7O5S2. The highest BCUT2D eigenvalue weighted by molar-refractivity contribution is 7.89. The van der Waals surface area contributed by atoms with Gasteiger partial charge < -0.3 is 20.5 Å². The molecule has 17 heteroatoms. The van der Waals surface area contributed by atoms with Gasteiger partial charge in [0.2, 0.25) is 10.0 Å². The van der Waals surface area contributed by atoms with Crippen LogP contribution in [0.15, 0.2) is 60.0 Å². The number of rotatable bonds is 8. The molecule has 12 nitrogen and oxygen atoms in total. The summed E-state index contributed by atoms with van der Waals surface area (Å²) >= 11 is 1.83. The number of thiophene rings is 1. The summed E-state index contributed by atoms with van der Waals surface area (Å²) in [5, 5.41) is 9.69. The van der Waals surface area contributed by atoms with Crippen molar-refractivity contribution >= 4 is 44.3 Å². The number of ether oxygens (including phenoxy) is 1. The van der Waals surface area contributed by atoms with Gasteiger partial charge in [0.25, 0.3) is 0 Å². The van der Waals surface area contributed by atoms with E-state index in [-0.39, 0.29) is 24.5 Å². The Labute approximate surface area is 249 Å². The number of fused-ring (bicyclic) bond motifs is 1. The van der Waals surface area contributed by atoms with Gasteiger partial charge in [-0.1, -0.05) is 13.3 Å². The molecule has 1 aromatic carbocycles. The van der Waals surface area contributed by atoms with Gasteiger partial charge in [-0.2, -0.15) is 4.31 Å². The number of alkyl halides is 3. The first-order chi connectivity index (χ1) is 20.4. The highest BCUT2D eigenvalue weighted by Crippen LogP contribution is 2.28. The third-order valence-electron chi connectivity index (χ3n) is 6.23. The van der Waals surface area contributed by atoms with Crippen LogP contribution in [0, 0.1) is 0 Å². The quantitative estimate of drug-likeness (QED) is 0.290. The maximum Gasteiger partial charge on any atom is 0.573 e. The number of hydrogen-bond acceptors (Lipinski definition) is 11. The summed E-state index contributed by atoms with van der Waals surface area (Å²) in [5.41, 5.74) is 6.21. The molecular weight excluding hydrogens is 611 g/mol. The standard InChI is InChI=1S/C18H15F3N6O5S.C8H13NS/c19-18(20,21)32-11-1-3-12(4-2-11)33(30,31)27-6-5-26(9-14(27)17(28)29)15-8-23-13-7-22-10-24-16(13)25-15;1-2-3-7-4-5-8(6-9)10-7/h1-4,7-8,10,14H,5-6,9H2,(H,28,29);4-5H,2-3,6,9H2,1H3/t14-;/m1./s1. The largest absolute Gasteiger partial charge is 0.573 e. The molecule has 3 N–H and O–H groups in total. The lowest BCUT2D eigenvalue weighted by Crippen LogP contribution is -2.58. The summed E-state index contributed by atoms with van der Waals surface area (Å²) in [6.07, 6.45) is 1.66. The van der Waals surface area contributed by atoms with Gasteiger partial charge in [-0.05, 0) is 42.8 Å². The molecule has 4 aromatic rings. The van der Waals surface area contributed by atoms with Crippen LogP contribution in [-0.4, -0.2) is 75.8 Å². The zero-order chi connectivity index (χ0) is 31.2. The molecule has 1 aliphatic heterocycles. The van der Waals surface area contributed by atoms with Gasteiger partial charge >= 0.3 is 12.3 Å². The number of anilines is 1. The topological polar surface area (TPSA) is 165 Å². The zero-order valence-electron chi connectivity index (χ0n) is 22.8. The Morgan fingerprint density at radius 3 is 2.47 bits per heavy atom. The maximum absolute atomic E-state index is 13.1. The molecule has 0 unspecified atom stereocenters. The van der Waals surface area contributed by atoms with Crippen molar-refractivity contribution in [3.05, 3.63) is 64.9 Å². The number of halogens is 3. The van der Waals surface area contributed by atoms with Crippen molar-refractivity contribution in [2.45, 2.75) is 43.6 Å². The SMILES string of the molecule is CCCc1ccc(CN)s1.O=C(O)[C@H]1CN(c2cnc3cncnc3n2)CCN1S(=O)(=O)c1ccc(OC(F)(F)F)cc1. The minimum absolute atomic E-state index is 0.101. The molecule has 230 valence electrons. The number of aliphatic carboxylic acids is 1. The molecule has 0 spiro atoms. The van der Waals surface area contributed by atoms with Gasteiger partial charge in [-0.25, -0.2) is 28.4 Å². The van der Waals surface area contributed by atoms with Crippen LogP contribution >= 0.6 is 11.3 Å². The molecule has 0 radical (unpaired) electrons. The van der Waals surface area contributed by atoms with Crippen molar-refractivity contribution in [1.29, 1.82) is 0 Å². The Morgan fingerprint density at radius 1 is 1.12 bits per heavy atom. The number of sulfonamides is 1. The highest BCUT2D eigenvalue weighted by Gasteiger charge is 2.41. The van der Waals surface area contributed by atoms with E-state index in [1.165, 1.54) is 41.3 Å². The number of nitrogens with zero attached hydrogens (tertiary/aromatic N) is 6. The number of carboxylic acid groups (broad SMARTS) is 1. The lowest BCUT2D eigenvalue weighted by atomic mass is 10.2. The fourth-order valence-electron chi connectivity index (χ4n) is 4.23. The molecule has 1 atom stereocenters. The molecule has 43 heavy (non-hydrogen) atoms. The summed E-state index contributed by atoms with van der Waals surface area (Å²) < 4.78 is 67.6. The lowest BCUT2D eigenvalue weighted by molar-refractivity contribution is -0.274. The van der Waals surface area contributed by atoms with E-state index in [0.29, 0.717) is 23.5 Å². The number of nitrogens with two attached hydrogens (primary N) is 1. The molecule has 3 aromatic heterocycles. The molecule has 1 fully saturated rings. The first-order valence-corrected chi connectivity index (χ1v) is 15.2. The number of hydrogen-bond donors (Lipinski definition) is 2. The minimum atomic E-state index is -4.93. The lowest BCUT2D eigenvalue weighted by Gasteiger charge is -2.38. The van der Waals surface area contributed by atoms with Crippen LogP contribution < -0.4 is 15.4 Å². The second kappa shape index (κ2) is 13.6. The van der Waals surface area contributed by atoms with Crippen molar-refractivity contribution in [2.24, 2.45) is 5.73 Å². The smallest absolute Gasteiger partial charge is 0.480 e. The van der Waals surface area contributed by atoms with E-state index in [2.05, 4.69) is 43.7 Å². The predicted molar refractivity (Wildman–Crippen MR) is 152 cm³/mol. The van der Waals surface area contributed by atoms with Crippen LogP contribution in [0.3, 0.4) is 0 Å². The average Bonchev–Trinajstić information content (AvgIpc) is 3.44. The average molecular weight is 640 g/mol. The molecule has 1 saturated heterocycles. The van der Waals surface area contributed by atoms with E-state index >= 15 is 0 Å². The first kappa shape index (κ1) is 32.0. The van der Waals surface area contributed by atoms with Crippen molar-refractivity contribution in [3.63, 3.8) is 0 Å². The van der Waals surface area contributed by atoms with Crippen LogP contribution in [0.2, 0.25) is 0 Å². The van der Waals surface area contributed by atoms with Gasteiger partial charge in [0, 0.05) is 35.9 Å². The van der Waals surface area contributed by atoms with Crippen molar-refractivity contribution in [1.82, 2.24) is 24.2 Å². The Morgan fingerprint density at radius 2 is 1.84 bits per heavy atom. The molecule has 0 aliphatic carbocycles. The number of carboxylic acids is 1. The second-order valence-corrected chi connectivity index (χ2v) is 12.4. The Balaban J connectivity index is 0.000000359. The van der Waals surface area contributed by atoms with E-state index in [1.54, 1.807) is 4.90 Å². The van der Waals surface area contributed by atoms with E-state index in [4.69, 9.17) is 5.73 Å². The summed E-state index contributed by atoms with van der Waals surface area (Å²) in [5.74, 6) is -1.67. The number of carbonyl (C=O) groups is 1. The predicted octanol–water partition coefficient (Wildman–Crippen LogP) is 3.44. The highest BCUT2D eigenvalue weighted by atomic mass is 32.2. The van der Waals surface area contributed by atoms with Gasteiger partial charge in [-0.15, -0.1) is 24.5 Å². The van der Waals surface area contributed by atoms with Crippen molar-refractivity contribution in [2.75, 3.05) is 24.5 Å². The maximum atomic E-state index is 13.1. The summed E-state index contributed by atoms with van der Waals surface area (Å²) in [6.45, 7) is 2.55. The summed E-state index contributed by atoms with van der Waals surface area (Å²) in [4.78, 5) is 32.2. The number of piperazine rings is 1. The fraction of sp³-hybridized carbons (Fsp3) is 0.346. The number of aryl methyl sites for hydroxylation is 1.